The van der Waals surface area contributed by atoms with Gasteiger partial charge in [-0.3, -0.25) is 0 Å². The number of aldehydes is 1. The van der Waals surface area contributed by atoms with Gasteiger partial charge < -0.3 is 20.4 Å². The van der Waals surface area contributed by atoms with Crippen LogP contribution in [-0.2, 0) is 22.5 Å². The highest BCUT2D eigenvalue weighted by Crippen LogP contribution is 2.24. The molecule has 4 N–H and O–H groups in total. The second-order valence-electron chi connectivity index (χ2n) is 10.8. The summed E-state index contributed by atoms with van der Waals surface area (Å²) >= 11 is 0. The molecule has 39 heavy (non-hydrogen) atoms. The summed E-state index contributed by atoms with van der Waals surface area (Å²) in [4.78, 5) is 24.9. The summed E-state index contributed by atoms with van der Waals surface area (Å²) in [6.45, 7) is 6.01. The second kappa shape index (κ2) is 14.0. The lowest BCUT2D eigenvalue weighted by Crippen LogP contribution is -2.61. The SMILES string of the molecule is COC(=O)N(NN(Cc1ccc(-c2ccccc2)cc1)C[C@H](O)[C@@H](N)Cc1ccccc1)[C@H](C=O)C(C)(C)C. The number of nitrogens with zero attached hydrogens (tertiary/aromatic N) is 2. The Kier molecular flexibility index (Phi) is 10.8. The molecular formula is C31H40N4O4. The number of nitrogens with one attached hydrogen (secondary N) is 1. The van der Waals surface area contributed by atoms with E-state index in [0.717, 1.165) is 22.3 Å². The van der Waals surface area contributed by atoms with Crippen molar-refractivity contribution in [3.8, 4) is 11.1 Å². The number of hydrogen-bond donors (Lipinski definition) is 3. The van der Waals surface area contributed by atoms with E-state index in [2.05, 4.69) is 5.53 Å². The summed E-state index contributed by atoms with van der Waals surface area (Å²) in [6.07, 6.45) is -0.435. The van der Waals surface area contributed by atoms with Gasteiger partial charge in [0, 0.05) is 19.1 Å². The van der Waals surface area contributed by atoms with Gasteiger partial charge in [-0.2, -0.15) is 5.53 Å². The van der Waals surface area contributed by atoms with Crippen LogP contribution in [0.3, 0.4) is 0 Å². The van der Waals surface area contributed by atoms with Gasteiger partial charge in [-0.1, -0.05) is 106 Å². The minimum absolute atomic E-state index is 0.0949. The first-order valence-corrected chi connectivity index (χ1v) is 13.1. The zero-order chi connectivity index (χ0) is 28.4. The molecule has 0 aromatic heterocycles. The number of ether oxygens (including phenoxy) is 1. The molecule has 0 aliphatic heterocycles. The maximum atomic E-state index is 12.8. The van der Waals surface area contributed by atoms with Crippen molar-refractivity contribution in [2.24, 2.45) is 11.1 Å². The van der Waals surface area contributed by atoms with Crippen molar-refractivity contribution >= 4 is 12.4 Å². The summed E-state index contributed by atoms with van der Waals surface area (Å²) < 4.78 is 4.99. The van der Waals surface area contributed by atoms with E-state index in [1.54, 1.807) is 5.01 Å². The van der Waals surface area contributed by atoms with E-state index in [-0.39, 0.29) is 6.54 Å². The van der Waals surface area contributed by atoms with Crippen LogP contribution in [0.5, 0.6) is 0 Å². The maximum Gasteiger partial charge on any atom is 0.425 e. The fourth-order valence-corrected chi connectivity index (χ4v) is 4.30. The number of amides is 1. The Morgan fingerprint density at radius 3 is 2.05 bits per heavy atom. The van der Waals surface area contributed by atoms with Crippen molar-refractivity contribution in [2.75, 3.05) is 13.7 Å². The number of aliphatic hydroxyl groups is 1. The van der Waals surface area contributed by atoms with Crippen LogP contribution in [0, 0.1) is 5.41 Å². The van der Waals surface area contributed by atoms with Crippen molar-refractivity contribution < 1.29 is 19.4 Å². The Hall–Kier alpha value is -3.56. The van der Waals surface area contributed by atoms with E-state index in [1.807, 2.05) is 106 Å². The largest absolute Gasteiger partial charge is 0.452 e. The second-order valence-corrected chi connectivity index (χ2v) is 10.8. The third-order valence-electron chi connectivity index (χ3n) is 6.57. The number of hydrazine groups is 2. The molecule has 8 nitrogen and oxygen atoms in total. The molecule has 0 unspecified atom stereocenters. The normalized spacial score (nSPS) is 13.9. The Morgan fingerprint density at radius 1 is 0.949 bits per heavy atom. The van der Waals surface area contributed by atoms with Gasteiger partial charge in [-0.15, -0.1) is 0 Å². The molecule has 0 saturated carbocycles. The van der Waals surface area contributed by atoms with Crippen molar-refractivity contribution in [3.05, 3.63) is 96.1 Å². The molecule has 0 aliphatic carbocycles. The van der Waals surface area contributed by atoms with Gasteiger partial charge in [0.15, 0.2) is 0 Å². The lowest BCUT2D eigenvalue weighted by molar-refractivity contribution is -0.121. The van der Waals surface area contributed by atoms with Gasteiger partial charge in [0.1, 0.15) is 12.3 Å². The number of hydrogen-bond acceptors (Lipinski definition) is 7. The van der Waals surface area contributed by atoms with Gasteiger partial charge in [-0.25, -0.2) is 14.8 Å². The molecule has 1 amide bonds. The third-order valence-corrected chi connectivity index (χ3v) is 6.57. The predicted molar refractivity (Wildman–Crippen MR) is 153 cm³/mol. The fraction of sp³-hybridized carbons (Fsp3) is 0.355. The van der Waals surface area contributed by atoms with E-state index < -0.39 is 29.7 Å². The molecule has 0 bridgehead atoms. The minimum atomic E-state index is -0.926. The van der Waals surface area contributed by atoms with Crippen molar-refractivity contribution in [3.63, 3.8) is 0 Å². The zero-order valence-electron chi connectivity index (χ0n) is 23.2. The molecule has 0 saturated heterocycles. The number of aliphatic hydroxyl groups excluding tert-OH is 1. The number of carbonyl (C=O) groups excluding carboxylic acids is 2. The summed E-state index contributed by atoms with van der Waals surface area (Å²) in [5.41, 5.74) is 13.0. The predicted octanol–water partition coefficient (Wildman–Crippen LogP) is 4.19. The highest BCUT2D eigenvalue weighted by atomic mass is 16.5. The molecule has 0 spiro atoms. The Labute approximate surface area is 231 Å². The summed E-state index contributed by atoms with van der Waals surface area (Å²) in [5, 5.41) is 13.9. The van der Waals surface area contributed by atoms with Crippen LogP contribution < -0.4 is 11.3 Å². The molecule has 0 aliphatic rings. The van der Waals surface area contributed by atoms with Crippen molar-refractivity contribution in [1.82, 2.24) is 15.6 Å². The molecule has 0 radical (unpaired) electrons. The van der Waals surface area contributed by atoms with E-state index in [0.29, 0.717) is 19.3 Å². The van der Waals surface area contributed by atoms with Gasteiger partial charge in [0.2, 0.25) is 0 Å². The fourth-order valence-electron chi connectivity index (χ4n) is 4.30. The van der Waals surface area contributed by atoms with Gasteiger partial charge in [0.05, 0.1) is 13.2 Å². The van der Waals surface area contributed by atoms with Crippen LogP contribution in [0.1, 0.15) is 31.9 Å². The topological polar surface area (TPSA) is 108 Å². The molecule has 3 aromatic carbocycles. The lowest BCUT2D eigenvalue weighted by Gasteiger charge is -2.39. The lowest BCUT2D eigenvalue weighted by atomic mass is 9.87. The minimum Gasteiger partial charge on any atom is -0.452 e. The monoisotopic (exact) mass is 532 g/mol. The number of rotatable bonds is 12. The Balaban J connectivity index is 1.84. The first-order valence-electron chi connectivity index (χ1n) is 13.1. The summed E-state index contributed by atoms with van der Waals surface area (Å²) in [7, 11) is 1.26. The molecule has 0 heterocycles. The van der Waals surface area contributed by atoms with E-state index in [1.165, 1.54) is 12.1 Å². The quantitative estimate of drug-likeness (QED) is 0.237. The number of nitrogens with two attached hydrogens (primary N) is 1. The van der Waals surface area contributed by atoms with Crippen LogP contribution in [-0.4, -0.2) is 59.3 Å². The molecule has 0 fully saturated rings. The standard InChI is InChI=1S/C31H40N4O4/c1-31(2,3)29(22-36)35(30(38)39-4)33-34(21-28(37)27(32)19-23-11-7-5-8-12-23)20-24-15-17-26(18-16-24)25-13-9-6-10-14-25/h5-18,22,27-29,33,37H,19-21,32H2,1-4H3/t27-,28-,29+/m0/s1. The van der Waals surface area contributed by atoms with E-state index >= 15 is 0 Å². The molecule has 3 rings (SSSR count). The first-order chi connectivity index (χ1) is 18.6. The third kappa shape index (κ3) is 8.73. The van der Waals surface area contributed by atoms with Crippen molar-refractivity contribution in [1.29, 1.82) is 0 Å². The van der Waals surface area contributed by atoms with Crippen LogP contribution in [0.4, 0.5) is 4.79 Å². The summed E-state index contributed by atoms with van der Waals surface area (Å²) in [6, 6.07) is 26.5. The first kappa shape index (κ1) is 30.0. The van der Waals surface area contributed by atoms with Gasteiger partial charge in [-0.05, 0) is 34.1 Å². The molecular weight excluding hydrogens is 492 g/mol. The van der Waals surface area contributed by atoms with Crippen molar-refractivity contribution in [2.45, 2.75) is 51.9 Å². The highest BCUT2D eigenvalue weighted by Gasteiger charge is 2.36. The molecule has 3 atom stereocenters. The van der Waals surface area contributed by atoms with Gasteiger partial charge in [0.25, 0.3) is 0 Å². The number of methoxy groups -OCH3 is 1. The Bertz CT molecular complexity index is 1170. The van der Waals surface area contributed by atoms with E-state index in [4.69, 9.17) is 10.5 Å². The molecule has 3 aromatic rings. The smallest absolute Gasteiger partial charge is 0.425 e. The summed E-state index contributed by atoms with van der Waals surface area (Å²) in [5.74, 6) is 0. The number of carbonyl (C=O) groups is 2. The Morgan fingerprint density at radius 2 is 1.51 bits per heavy atom. The zero-order valence-corrected chi connectivity index (χ0v) is 23.2. The van der Waals surface area contributed by atoms with Crippen LogP contribution >= 0.6 is 0 Å². The van der Waals surface area contributed by atoms with Crippen LogP contribution in [0.25, 0.3) is 11.1 Å². The average Bonchev–Trinajstić information content (AvgIpc) is 2.93. The highest BCUT2D eigenvalue weighted by molar-refractivity contribution is 5.73. The van der Waals surface area contributed by atoms with Crippen LogP contribution in [0.2, 0.25) is 0 Å². The van der Waals surface area contributed by atoms with Gasteiger partial charge >= 0.3 is 6.09 Å². The molecule has 208 valence electrons. The van der Waals surface area contributed by atoms with Crippen LogP contribution in [0.15, 0.2) is 84.9 Å². The molecule has 8 heteroatoms. The number of benzene rings is 3. The maximum absolute atomic E-state index is 12.8. The van der Waals surface area contributed by atoms with E-state index in [9.17, 15) is 14.7 Å². The average molecular weight is 533 g/mol.